The van der Waals surface area contributed by atoms with Gasteiger partial charge in [0.05, 0.1) is 5.69 Å². The Balaban J connectivity index is 2.56. The van der Waals surface area contributed by atoms with Gasteiger partial charge in [0.2, 0.25) is 0 Å². The van der Waals surface area contributed by atoms with Gasteiger partial charge in [-0.2, -0.15) is 0 Å². The van der Waals surface area contributed by atoms with Gasteiger partial charge in [0.1, 0.15) is 0 Å². The third-order valence-corrected chi connectivity index (χ3v) is 2.25. The summed E-state index contributed by atoms with van der Waals surface area (Å²) in [6.07, 6.45) is 2.91. The topological polar surface area (TPSA) is 42.7 Å². The van der Waals surface area contributed by atoms with E-state index in [4.69, 9.17) is 0 Å². The van der Waals surface area contributed by atoms with Gasteiger partial charge in [0.15, 0.2) is 0 Å². The van der Waals surface area contributed by atoms with E-state index in [2.05, 4.69) is 29.5 Å². The lowest BCUT2D eigenvalue weighted by atomic mass is 10.00. The highest BCUT2D eigenvalue weighted by Crippen LogP contribution is 2.06. The molecule has 0 spiro atoms. The van der Waals surface area contributed by atoms with Crippen molar-refractivity contribution in [2.24, 2.45) is 13.0 Å². The van der Waals surface area contributed by atoms with E-state index in [1.165, 1.54) is 0 Å². The Morgan fingerprint density at radius 3 is 2.62 bits per heavy atom. The summed E-state index contributed by atoms with van der Waals surface area (Å²) in [5, 5.41) is 11.2. The number of aromatic nitrogens is 3. The van der Waals surface area contributed by atoms with Crippen LogP contribution >= 0.6 is 0 Å². The second-order valence-electron chi connectivity index (χ2n) is 3.73. The van der Waals surface area contributed by atoms with Crippen LogP contribution in [-0.4, -0.2) is 28.1 Å². The van der Waals surface area contributed by atoms with E-state index in [1.807, 2.05) is 20.3 Å². The number of nitrogens with zero attached hydrogens (tertiary/aromatic N) is 3. The molecule has 1 atom stereocenters. The Kier molecular flexibility index (Phi) is 3.42. The van der Waals surface area contributed by atoms with Crippen molar-refractivity contribution in [3.8, 4) is 0 Å². The third-order valence-electron chi connectivity index (χ3n) is 2.25. The first-order valence-electron chi connectivity index (χ1n) is 4.66. The van der Waals surface area contributed by atoms with Crippen LogP contribution < -0.4 is 5.32 Å². The Morgan fingerprint density at radius 2 is 2.23 bits per heavy atom. The SMILES string of the molecule is CNC(Cc1cn(C)nn1)C(C)C. The van der Waals surface area contributed by atoms with Crippen molar-refractivity contribution in [3.63, 3.8) is 0 Å². The van der Waals surface area contributed by atoms with E-state index in [1.54, 1.807) is 4.68 Å². The molecule has 0 saturated heterocycles. The summed E-state index contributed by atoms with van der Waals surface area (Å²) in [6, 6.07) is 0.483. The molecule has 1 rings (SSSR count). The molecule has 1 heterocycles. The summed E-state index contributed by atoms with van der Waals surface area (Å²) >= 11 is 0. The minimum atomic E-state index is 0.483. The van der Waals surface area contributed by atoms with Gasteiger partial charge in [-0.3, -0.25) is 4.68 Å². The fraction of sp³-hybridized carbons (Fsp3) is 0.778. The molecule has 0 aliphatic carbocycles. The molecule has 1 aromatic rings. The summed E-state index contributed by atoms with van der Waals surface area (Å²) in [7, 11) is 3.88. The average Bonchev–Trinajstić information content (AvgIpc) is 2.46. The van der Waals surface area contributed by atoms with Crippen molar-refractivity contribution >= 4 is 0 Å². The smallest absolute Gasteiger partial charge is 0.0842 e. The van der Waals surface area contributed by atoms with Crippen molar-refractivity contribution in [3.05, 3.63) is 11.9 Å². The van der Waals surface area contributed by atoms with E-state index < -0.39 is 0 Å². The first-order chi connectivity index (χ1) is 6.13. The minimum Gasteiger partial charge on any atom is -0.316 e. The summed E-state index contributed by atoms with van der Waals surface area (Å²) in [6.45, 7) is 4.41. The Labute approximate surface area is 79.3 Å². The molecule has 13 heavy (non-hydrogen) atoms. The zero-order valence-corrected chi connectivity index (χ0v) is 8.78. The van der Waals surface area contributed by atoms with Gasteiger partial charge in [0, 0.05) is 25.7 Å². The van der Waals surface area contributed by atoms with Crippen molar-refractivity contribution in [2.75, 3.05) is 7.05 Å². The van der Waals surface area contributed by atoms with Crippen molar-refractivity contribution < 1.29 is 0 Å². The lowest BCUT2D eigenvalue weighted by Gasteiger charge is -2.18. The second kappa shape index (κ2) is 4.37. The van der Waals surface area contributed by atoms with E-state index in [0.717, 1.165) is 12.1 Å². The van der Waals surface area contributed by atoms with Crippen LogP contribution in [0.3, 0.4) is 0 Å². The molecule has 0 amide bonds. The fourth-order valence-electron chi connectivity index (χ4n) is 1.39. The van der Waals surface area contributed by atoms with Gasteiger partial charge in [0.25, 0.3) is 0 Å². The van der Waals surface area contributed by atoms with Gasteiger partial charge in [-0.25, -0.2) is 0 Å². The van der Waals surface area contributed by atoms with Crippen LogP contribution in [0.5, 0.6) is 0 Å². The number of rotatable bonds is 4. The number of hydrogen-bond acceptors (Lipinski definition) is 3. The highest BCUT2D eigenvalue weighted by atomic mass is 15.4. The quantitative estimate of drug-likeness (QED) is 0.741. The van der Waals surface area contributed by atoms with E-state index in [-0.39, 0.29) is 0 Å². The predicted octanol–water partition coefficient (Wildman–Crippen LogP) is 0.602. The van der Waals surface area contributed by atoms with E-state index >= 15 is 0 Å². The van der Waals surface area contributed by atoms with Crippen LogP contribution in [0.2, 0.25) is 0 Å². The largest absolute Gasteiger partial charge is 0.316 e. The van der Waals surface area contributed by atoms with Crippen LogP contribution in [0.15, 0.2) is 6.20 Å². The molecule has 1 unspecified atom stereocenters. The molecule has 4 heteroatoms. The van der Waals surface area contributed by atoms with Crippen molar-refractivity contribution in [1.29, 1.82) is 0 Å². The highest BCUT2D eigenvalue weighted by Gasteiger charge is 2.12. The lowest BCUT2D eigenvalue weighted by molar-refractivity contribution is 0.421. The predicted molar refractivity (Wildman–Crippen MR) is 52.4 cm³/mol. The fourth-order valence-corrected chi connectivity index (χ4v) is 1.39. The number of nitrogens with one attached hydrogen (secondary N) is 1. The van der Waals surface area contributed by atoms with Gasteiger partial charge in [-0.1, -0.05) is 19.1 Å². The Morgan fingerprint density at radius 1 is 1.54 bits per heavy atom. The van der Waals surface area contributed by atoms with Gasteiger partial charge < -0.3 is 5.32 Å². The third kappa shape index (κ3) is 2.81. The monoisotopic (exact) mass is 182 g/mol. The molecular weight excluding hydrogens is 164 g/mol. The van der Waals surface area contributed by atoms with Crippen LogP contribution in [0.1, 0.15) is 19.5 Å². The first-order valence-corrected chi connectivity index (χ1v) is 4.66. The average molecular weight is 182 g/mol. The molecule has 1 aromatic heterocycles. The summed E-state index contributed by atoms with van der Waals surface area (Å²) in [5.74, 6) is 0.618. The van der Waals surface area contributed by atoms with Crippen LogP contribution in [-0.2, 0) is 13.5 Å². The normalized spacial score (nSPS) is 13.6. The maximum absolute atomic E-state index is 4.06. The minimum absolute atomic E-state index is 0.483. The molecule has 4 nitrogen and oxygen atoms in total. The molecular formula is C9H18N4. The van der Waals surface area contributed by atoms with Crippen LogP contribution in [0.25, 0.3) is 0 Å². The molecule has 0 saturated carbocycles. The van der Waals surface area contributed by atoms with Crippen molar-refractivity contribution in [1.82, 2.24) is 20.3 Å². The van der Waals surface area contributed by atoms with E-state index in [0.29, 0.717) is 12.0 Å². The maximum atomic E-state index is 4.06. The Hall–Kier alpha value is -0.900. The van der Waals surface area contributed by atoms with Gasteiger partial charge in [-0.05, 0) is 13.0 Å². The number of hydrogen-bond donors (Lipinski definition) is 1. The standard InChI is InChI=1S/C9H18N4/c1-7(2)9(10-3)5-8-6-13(4)12-11-8/h6-7,9-10H,5H2,1-4H3. The second-order valence-corrected chi connectivity index (χ2v) is 3.73. The number of likely N-dealkylation sites (N-methyl/N-ethyl adjacent to an activating group) is 1. The molecule has 0 aromatic carbocycles. The van der Waals surface area contributed by atoms with E-state index in [9.17, 15) is 0 Å². The molecule has 74 valence electrons. The molecule has 0 bridgehead atoms. The number of aryl methyl sites for hydroxylation is 1. The van der Waals surface area contributed by atoms with Crippen molar-refractivity contribution in [2.45, 2.75) is 26.3 Å². The van der Waals surface area contributed by atoms with Gasteiger partial charge >= 0.3 is 0 Å². The molecule has 0 aliphatic rings. The molecule has 0 aliphatic heterocycles. The Bertz CT molecular complexity index is 254. The first kappa shape index (κ1) is 10.2. The zero-order valence-electron chi connectivity index (χ0n) is 8.78. The van der Waals surface area contributed by atoms with Crippen LogP contribution in [0.4, 0.5) is 0 Å². The molecule has 0 fully saturated rings. The van der Waals surface area contributed by atoms with Gasteiger partial charge in [-0.15, -0.1) is 5.10 Å². The molecule has 1 N–H and O–H groups in total. The summed E-state index contributed by atoms with van der Waals surface area (Å²) in [4.78, 5) is 0. The van der Waals surface area contributed by atoms with Crippen LogP contribution in [0, 0.1) is 5.92 Å². The zero-order chi connectivity index (χ0) is 9.84. The maximum Gasteiger partial charge on any atom is 0.0842 e. The summed E-state index contributed by atoms with van der Waals surface area (Å²) in [5.41, 5.74) is 1.05. The summed E-state index contributed by atoms with van der Waals surface area (Å²) < 4.78 is 1.74. The molecule has 0 radical (unpaired) electrons. The lowest BCUT2D eigenvalue weighted by Crippen LogP contribution is -2.32. The highest BCUT2D eigenvalue weighted by molar-refractivity contribution is 4.96.